The molecule has 0 unspecified atom stereocenters. The van der Waals surface area contributed by atoms with E-state index in [1.54, 1.807) is 6.92 Å². The van der Waals surface area contributed by atoms with E-state index in [2.05, 4.69) is 5.32 Å². The lowest BCUT2D eigenvalue weighted by Gasteiger charge is -2.32. The highest BCUT2D eigenvalue weighted by atomic mass is 32.1. The maximum Gasteiger partial charge on any atom is 0.331 e. The van der Waals surface area contributed by atoms with Gasteiger partial charge >= 0.3 is 12.0 Å². The second-order valence-corrected chi connectivity index (χ2v) is 7.37. The molecule has 3 rings (SSSR count). The number of hydrogen-bond donors (Lipinski definition) is 1. The number of thiophene rings is 1. The fraction of sp³-hybridized carbons (Fsp3) is 0.444. The minimum atomic E-state index is -0.712. The van der Waals surface area contributed by atoms with E-state index in [0.29, 0.717) is 32.5 Å². The predicted octanol–water partition coefficient (Wildman–Crippen LogP) is 1.49. The maximum absolute atomic E-state index is 12.7. The smallest absolute Gasteiger partial charge is 0.331 e. The summed E-state index contributed by atoms with van der Waals surface area (Å²) in [5.74, 6) is -1.67. The number of barbiturate groups is 1. The highest BCUT2D eigenvalue weighted by molar-refractivity contribution is 7.09. The molecule has 1 aromatic heterocycles. The molecular weight excluding hydrogens is 370 g/mol. The lowest BCUT2D eigenvalue weighted by molar-refractivity contribution is -0.149. The highest BCUT2D eigenvalue weighted by Gasteiger charge is 2.37. The van der Waals surface area contributed by atoms with Crippen molar-refractivity contribution >= 4 is 35.2 Å². The average molecular weight is 391 g/mol. The molecule has 0 atom stereocenters. The van der Waals surface area contributed by atoms with E-state index in [4.69, 9.17) is 4.74 Å². The van der Waals surface area contributed by atoms with E-state index in [1.165, 1.54) is 17.5 Å². The van der Waals surface area contributed by atoms with Crippen LogP contribution in [0.1, 0.15) is 24.6 Å². The van der Waals surface area contributed by atoms with E-state index < -0.39 is 17.8 Å². The zero-order valence-electron chi connectivity index (χ0n) is 15.0. The predicted molar refractivity (Wildman–Crippen MR) is 97.4 cm³/mol. The Hall–Kier alpha value is -2.68. The molecule has 8 nitrogen and oxygen atoms in total. The number of esters is 1. The number of ether oxygens (including phenoxy) is 1. The molecule has 0 aromatic carbocycles. The first-order valence-electron chi connectivity index (χ1n) is 8.81. The molecule has 27 heavy (non-hydrogen) atoms. The first-order valence-corrected chi connectivity index (χ1v) is 9.69. The molecule has 1 aromatic rings. The van der Waals surface area contributed by atoms with Gasteiger partial charge < -0.3 is 9.64 Å². The molecule has 0 radical (unpaired) electrons. The number of carbonyl (C=O) groups is 4. The molecule has 0 saturated carbocycles. The van der Waals surface area contributed by atoms with Gasteiger partial charge in [-0.25, -0.2) is 4.79 Å². The van der Waals surface area contributed by atoms with E-state index >= 15 is 0 Å². The Morgan fingerprint density at radius 3 is 2.70 bits per heavy atom. The summed E-state index contributed by atoms with van der Waals surface area (Å²) in [5, 5.41) is 4.08. The van der Waals surface area contributed by atoms with Crippen molar-refractivity contribution < 1.29 is 23.9 Å². The third-order valence-corrected chi connectivity index (χ3v) is 5.40. The Balaban J connectivity index is 1.67. The van der Waals surface area contributed by atoms with Crippen LogP contribution in [0.25, 0.3) is 0 Å². The zero-order chi connectivity index (χ0) is 19.4. The SMILES string of the molecule is CCOC(=O)C1CCN(C=C2C(=O)NC(=O)N(Cc3cccs3)C2=O)CC1. The summed E-state index contributed by atoms with van der Waals surface area (Å²) < 4.78 is 5.04. The van der Waals surface area contributed by atoms with Crippen LogP contribution in [0.2, 0.25) is 0 Å². The number of rotatable bonds is 5. The molecule has 2 aliphatic heterocycles. The van der Waals surface area contributed by atoms with Gasteiger partial charge in [-0.2, -0.15) is 0 Å². The lowest BCUT2D eigenvalue weighted by Crippen LogP contribution is -2.54. The molecule has 2 fully saturated rings. The summed E-state index contributed by atoms with van der Waals surface area (Å²) in [7, 11) is 0. The molecule has 1 N–H and O–H groups in total. The highest BCUT2D eigenvalue weighted by Crippen LogP contribution is 2.21. The molecule has 144 valence electrons. The Labute approximate surface area is 160 Å². The molecule has 0 bridgehead atoms. The number of piperidine rings is 1. The van der Waals surface area contributed by atoms with Crippen molar-refractivity contribution in [2.75, 3.05) is 19.7 Å². The summed E-state index contributed by atoms with van der Waals surface area (Å²) in [6.07, 6.45) is 2.68. The fourth-order valence-electron chi connectivity index (χ4n) is 3.09. The number of amides is 4. The molecule has 3 heterocycles. The minimum absolute atomic E-state index is 0.0688. The second kappa shape index (κ2) is 8.34. The van der Waals surface area contributed by atoms with Crippen LogP contribution in [0.15, 0.2) is 29.3 Å². The van der Waals surface area contributed by atoms with Crippen molar-refractivity contribution in [3.63, 3.8) is 0 Å². The van der Waals surface area contributed by atoms with Crippen molar-refractivity contribution in [1.29, 1.82) is 0 Å². The van der Waals surface area contributed by atoms with Crippen LogP contribution in [-0.2, 0) is 25.7 Å². The van der Waals surface area contributed by atoms with Gasteiger partial charge in [0, 0.05) is 24.2 Å². The maximum atomic E-state index is 12.7. The molecular formula is C18H21N3O5S. The van der Waals surface area contributed by atoms with Gasteiger partial charge in [-0.05, 0) is 31.2 Å². The third-order valence-electron chi connectivity index (χ3n) is 4.54. The van der Waals surface area contributed by atoms with Crippen LogP contribution in [0.5, 0.6) is 0 Å². The summed E-state index contributed by atoms with van der Waals surface area (Å²) in [5.41, 5.74) is -0.0688. The summed E-state index contributed by atoms with van der Waals surface area (Å²) >= 11 is 1.43. The molecule has 0 aliphatic carbocycles. The monoisotopic (exact) mass is 391 g/mol. The number of likely N-dealkylation sites (tertiary alicyclic amines) is 1. The van der Waals surface area contributed by atoms with Crippen LogP contribution in [0, 0.1) is 5.92 Å². The molecule has 2 aliphatic rings. The normalized spacial score (nSPS) is 20.2. The van der Waals surface area contributed by atoms with Gasteiger partial charge in [0.25, 0.3) is 11.8 Å². The van der Waals surface area contributed by atoms with Gasteiger partial charge in [0.05, 0.1) is 19.1 Å². The van der Waals surface area contributed by atoms with Crippen LogP contribution < -0.4 is 5.32 Å². The minimum Gasteiger partial charge on any atom is -0.466 e. The van der Waals surface area contributed by atoms with Crippen molar-refractivity contribution in [2.24, 2.45) is 5.92 Å². The first-order chi connectivity index (χ1) is 13.0. The van der Waals surface area contributed by atoms with E-state index in [-0.39, 0.29) is 24.0 Å². The number of imide groups is 2. The van der Waals surface area contributed by atoms with E-state index in [1.807, 2.05) is 22.4 Å². The Morgan fingerprint density at radius 1 is 1.33 bits per heavy atom. The Kier molecular flexibility index (Phi) is 5.90. The largest absolute Gasteiger partial charge is 0.466 e. The summed E-state index contributed by atoms with van der Waals surface area (Å²) in [6, 6.07) is 2.95. The average Bonchev–Trinajstić information content (AvgIpc) is 3.16. The van der Waals surface area contributed by atoms with Crippen LogP contribution in [0.3, 0.4) is 0 Å². The summed E-state index contributed by atoms with van der Waals surface area (Å²) in [4.78, 5) is 52.4. The van der Waals surface area contributed by atoms with Crippen molar-refractivity contribution in [2.45, 2.75) is 26.3 Å². The molecule has 4 amide bonds. The number of nitrogens with zero attached hydrogens (tertiary/aromatic N) is 2. The number of nitrogens with one attached hydrogen (secondary N) is 1. The summed E-state index contributed by atoms with van der Waals surface area (Å²) in [6.45, 7) is 3.32. The van der Waals surface area contributed by atoms with Gasteiger partial charge in [0.1, 0.15) is 5.57 Å². The second-order valence-electron chi connectivity index (χ2n) is 6.34. The van der Waals surface area contributed by atoms with Crippen LogP contribution in [0.4, 0.5) is 4.79 Å². The number of urea groups is 1. The Bertz CT molecular complexity index is 766. The van der Waals surface area contributed by atoms with Crippen molar-refractivity contribution in [1.82, 2.24) is 15.1 Å². The van der Waals surface area contributed by atoms with Gasteiger partial charge in [-0.3, -0.25) is 24.6 Å². The van der Waals surface area contributed by atoms with Gasteiger partial charge in [-0.15, -0.1) is 11.3 Å². The zero-order valence-corrected chi connectivity index (χ0v) is 15.8. The lowest BCUT2D eigenvalue weighted by atomic mass is 9.97. The van der Waals surface area contributed by atoms with E-state index in [9.17, 15) is 19.2 Å². The van der Waals surface area contributed by atoms with Crippen molar-refractivity contribution in [3.8, 4) is 0 Å². The fourth-order valence-corrected chi connectivity index (χ4v) is 3.78. The van der Waals surface area contributed by atoms with Crippen LogP contribution >= 0.6 is 11.3 Å². The van der Waals surface area contributed by atoms with Crippen molar-refractivity contribution in [3.05, 3.63) is 34.2 Å². The molecule has 2 saturated heterocycles. The topological polar surface area (TPSA) is 96.0 Å². The quantitative estimate of drug-likeness (QED) is 0.464. The van der Waals surface area contributed by atoms with Gasteiger partial charge in [0.15, 0.2) is 0 Å². The Morgan fingerprint density at radius 2 is 2.07 bits per heavy atom. The number of carbonyl (C=O) groups excluding carboxylic acids is 4. The molecule has 9 heteroatoms. The number of hydrogen-bond acceptors (Lipinski definition) is 7. The molecule has 0 spiro atoms. The van der Waals surface area contributed by atoms with Crippen LogP contribution in [-0.4, -0.2) is 53.3 Å². The third kappa shape index (κ3) is 4.36. The van der Waals surface area contributed by atoms with E-state index in [0.717, 1.165) is 9.78 Å². The first kappa shape index (κ1) is 19.1. The van der Waals surface area contributed by atoms with Gasteiger partial charge in [0.2, 0.25) is 0 Å². The van der Waals surface area contributed by atoms with Gasteiger partial charge in [-0.1, -0.05) is 6.07 Å². The standard InChI is InChI=1S/C18H21N3O5S/c1-2-26-17(24)12-5-7-20(8-6-12)11-14-15(22)19-18(25)21(16(14)23)10-13-4-3-9-27-13/h3-4,9,11-12H,2,5-8,10H2,1H3,(H,19,22,25).